The first-order valence-electron chi connectivity index (χ1n) is 9.85. The Labute approximate surface area is 166 Å². The normalized spacial score (nSPS) is 14.6. The van der Waals surface area contributed by atoms with E-state index in [0.29, 0.717) is 43.8 Å². The molecule has 0 spiro atoms. The van der Waals surface area contributed by atoms with Crippen LogP contribution in [0.5, 0.6) is 5.75 Å². The zero-order valence-corrected chi connectivity index (χ0v) is 16.9. The molecule has 2 aromatic rings. The fourth-order valence-corrected chi connectivity index (χ4v) is 3.80. The summed E-state index contributed by atoms with van der Waals surface area (Å²) in [7, 11) is 1.57. The number of hydrogen-bond donors (Lipinski definition) is 0. The van der Waals surface area contributed by atoms with Gasteiger partial charge in [-0.25, -0.2) is 0 Å². The monoisotopic (exact) mass is 380 g/mol. The Morgan fingerprint density at radius 1 is 1.11 bits per heavy atom. The number of carbonyl (C=O) groups excluding carboxylic acids is 2. The van der Waals surface area contributed by atoms with Gasteiger partial charge < -0.3 is 14.5 Å². The average molecular weight is 380 g/mol. The highest BCUT2D eigenvalue weighted by molar-refractivity contribution is 5.98. The predicted octanol–water partition coefficient (Wildman–Crippen LogP) is 3.91. The van der Waals surface area contributed by atoms with Crippen LogP contribution in [0.4, 0.5) is 5.69 Å². The van der Waals surface area contributed by atoms with Crippen molar-refractivity contribution in [2.24, 2.45) is 5.92 Å². The molecule has 5 heteroatoms. The summed E-state index contributed by atoms with van der Waals surface area (Å²) < 4.78 is 5.31. The molecular weight excluding hydrogens is 352 g/mol. The SMILES string of the molecule is CCN(C(=O)C1CCN(C(=O)c2ccccc2OC)CC1)c1cccc(C)c1. The smallest absolute Gasteiger partial charge is 0.257 e. The molecule has 2 aromatic carbocycles. The number of aryl methyl sites for hydroxylation is 1. The van der Waals surface area contributed by atoms with E-state index in [2.05, 4.69) is 0 Å². The maximum atomic E-state index is 13.1. The third-order valence-corrected chi connectivity index (χ3v) is 5.36. The van der Waals surface area contributed by atoms with Crippen molar-refractivity contribution in [3.05, 3.63) is 59.7 Å². The van der Waals surface area contributed by atoms with E-state index in [-0.39, 0.29) is 17.7 Å². The number of rotatable bonds is 5. The molecule has 0 N–H and O–H groups in total. The molecule has 0 radical (unpaired) electrons. The lowest BCUT2D eigenvalue weighted by Gasteiger charge is -2.34. The van der Waals surface area contributed by atoms with Gasteiger partial charge in [-0.2, -0.15) is 0 Å². The topological polar surface area (TPSA) is 49.9 Å². The first kappa shape index (κ1) is 19.9. The molecule has 1 aliphatic rings. The molecule has 0 unspecified atom stereocenters. The molecule has 1 saturated heterocycles. The standard InChI is InChI=1S/C23H28N2O3/c1-4-25(19-9-7-8-17(2)16-19)22(26)18-12-14-24(15-13-18)23(27)20-10-5-6-11-21(20)28-3/h5-11,16,18H,4,12-15H2,1-3H3. The number of anilines is 1. The van der Waals surface area contributed by atoms with Gasteiger partial charge in [0.1, 0.15) is 5.75 Å². The third-order valence-electron chi connectivity index (χ3n) is 5.36. The van der Waals surface area contributed by atoms with Crippen LogP contribution in [-0.4, -0.2) is 43.5 Å². The molecule has 0 saturated carbocycles. The van der Waals surface area contributed by atoms with Crippen LogP contribution in [0.2, 0.25) is 0 Å². The molecule has 1 aliphatic heterocycles. The molecule has 1 heterocycles. The van der Waals surface area contributed by atoms with Crippen molar-refractivity contribution in [1.82, 2.24) is 4.90 Å². The summed E-state index contributed by atoms with van der Waals surface area (Å²) in [6, 6.07) is 15.3. The Morgan fingerprint density at radius 2 is 1.82 bits per heavy atom. The highest BCUT2D eigenvalue weighted by Crippen LogP contribution is 2.26. The zero-order chi connectivity index (χ0) is 20.1. The number of ether oxygens (including phenoxy) is 1. The predicted molar refractivity (Wildman–Crippen MR) is 111 cm³/mol. The van der Waals surface area contributed by atoms with Gasteiger partial charge in [0.2, 0.25) is 5.91 Å². The van der Waals surface area contributed by atoms with E-state index in [0.717, 1.165) is 11.3 Å². The quantitative estimate of drug-likeness (QED) is 0.790. The Balaban J connectivity index is 1.66. The first-order chi connectivity index (χ1) is 13.5. The van der Waals surface area contributed by atoms with Gasteiger partial charge in [0.25, 0.3) is 5.91 Å². The molecule has 0 atom stereocenters. The van der Waals surface area contributed by atoms with Gasteiger partial charge in [0, 0.05) is 31.2 Å². The minimum atomic E-state index is -0.0535. The zero-order valence-electron chi connectivity index (χ0n) is 16.9. The molecular formula is C23H28N2O3. The number of likely N-dealkylation sites (tertiary alicyclic amines) is 1. The van der Waals surface area contributed by atoms with Crippen molar-refractivity contribution >= 4 is 17.5 Å². The molecule has 28 heavy (non-hydrogen) atoms. The number of piperidine rings is 1. The molecule has 2 amide bonds. The maximum absolute atomic E-state index is 13.1. The van der Waals surface area contributed by atoms with Crippen LogP contribution in [0.3, 0.4) is 0 Å². The summed E-state index contributed by atoms with van der Waals surface area (Å²) in [6.45, 7) is 5.84. The van der Waals surface area contributed by atoms with Crippen LogP contribution >= 0.6 is 0 Å². The van der Waals surface area contributed by atoms with Crippen LogP contribution in [-0.2, 0) is 4.79 Å². The molecule has 148 valence electrons. The third kappa shape index (κ3) is 4.19. The molecule has 5 nitrogen and oxygen atoms in total. The van der Waals surface area contributed by atoms with Gasteiger partial charge in [0.05, 0.1) is 12.7 Å². The first-order valence-corrected chi connectivity index (χ1v) is 9.85. The van der Waals surface area contributed by atoms with Gasteiger partial charge in [-0.1, -0.05) is 24.3 Å². The molecule has 3 rings (SSSR count). The summed E-state index contributed by atoms with van der Waals surface area (Å²) in [5.41, 5.74) is 2.66. The van der Waals surface area contributed by atoms with E-state index in [1.54, 1.807) is 19.2 Å². The van der Waals surface area contributed by atoms with E-state index in [1.807, 2.05) is 60.0 Å². The number of benzene rings is 2. The maximum Gasteiger partial charge on any atom is 0.257 e. The minimum Gasteiger partial charge on any atom is -0.496 e. The van der Waals surface area contributed by atoms with Crippen molar-refractivity contribution in [3.63, 3.8) is 0 Å². The molecule has 0 aliphatic carbocycles. The second-order valence-corrected chi connectivity index (χ2v) is 7.19. The number of nitrogens with zero attached hydrogens (tertiary/aromatic N) is 2. The van der Waals surface area contributed by atoms with E-state index in [4.69, 9.17) is 4.74 Å². The van der Waals surface area contributed by atoms with Crippen molar-refractivity contribution in [1.29, 1.82) is 0 Å². The van der Waals surface area contributed by atoms with Crippen molar-refractivity contribution in [3.8, 4) is 5.75 Å². The number of hydrogen-bond acceptors (Lipinski definition) is 3. The fraction of sp³-hybridized carbons (Fsp3) is 0.391. The second-order valence-electron chi connectivity index (χ2n) is 7.19. The Hall–Kier alpha value is -2.82. The minimum absolute atomic E-state index is 0.0330. The van der Waals surface area contributed by atoms with E-state index < -0.39 is 0 Å². The summed E-state index contributed by atoms with van der Waals surface area (Å²) >= 11 is 0. The highest BCUT2D eigenvalue weighted by atomic mass is 16.5. The average Bonchev–Trinajstić information content (AvgIpc) is 2.74. The number of amides is 2. The second kappa shape index (κ2) is 8.91. The lowest BCUT2D eigenvalue weighted by molar-refractivity contribution is -0.123. The van der Waals surface area contributed by atoms with Gasteiger partial charge in [-0.3, -0.25) is 9.59 Å². The van der Waals surface area contributed by atoms with Crippen molar-refractivity contribution in [2.45, 2.75) is 26.7 Å². The molecule has 1 fully saturated rings. The Morgan fingerprint density at radius 3 is 2.46 bits per heavy atom. The van der Waals surface area contributed by atoms with Crippen molar-refractivity contribution < 1.29 is 14.3 Å². The van der Waals surface area contributed by atoms with Crippen LogP contribution in [0.25, 0.3) is 0 Å². The van der Waals surface area contributed by atoms with E-state index in [1.165, 1.54) is 0 Å². The van der Waals surface area contributed by atoms with Crippen LogP contribution < -0.4 is 9.64 Å². The summed E-state index contributed by atoms with van der Waals surface area (Å²) in [4.78, 5) is 29.6. The van der Waals surface area contributed by atoms with Gasteiger partial charge in [0.15, 0.2) is 0 Å². The number of carbonyl (C=O) groups is 2. The van der Waals surface area contributed by atoms with Gasteiger partial charge in [-0.15, -0.1) is 0 Å². The highest BCUT2D eigenvalue weighted by Gasteiger charge is 2.31. The van der Waals surface area contributed by atoms with E-state index >= 15 is 0 Å². The van der Waals surface area contributed by atoms with Gasteiger partial charge >= 0.3 is 0 Å². The summed E-state index contributed by atoms with van der Waals surface area (Å²) in [5.74, 6) is 0.649. The number of para-hydroxylation sites is 1. The fourth-order valence-electron chi connectivity index (χ4n) is 3.80. The van der Waals surface area contributed by atoms with Crippen molar-refractivity contribution in [2.75, 3.05) is 31.6 Å². The largest absolute Gasteiger partial charge is 0.496 e. The summed E-state index contributed by atoms with van der Waals surface area (Å²) in [6.07, 6.45) is 1.37. The summed E-state index contributed by atoms with van der Waals surface area (Å²) in [5, 5.41) is 0. The lowest BCUT2D eigenvalue weighted by Crippen LogP contribution is -2.44. The van der Waals surface area contributed by atoms with Crippen LogP contribution in [0, 0.1) is 12.8 Å². The van der Waals surface area contributed by atoms with Gasteiger partial charge in [-0.05, 0) is 56.5 Å². The molecule has 0 aromatic heterocycles. The number of methoxy groups -OCH3 is 1. The molecule has 0 bridgehead atoms. The lowest BCUT2D eigenvalue weighted by atomic mass is 9.94. The Bertz CT molecular complexity index is 841. The van der Waals surface area contributed by atoms with Crippen LogP contribution in [0.1, 0.15) is 35.7 Å². The Kier molecular flexibility index (Phi) is 6.34. The van der Waals surface area contributed by atoms with E-state index in [9.17, 15) is 9.59 Å². The van der Waals surface area contributed by atoms with Crippen LogP contribution in [0.15, 0.2) is 48.5 Å².